The molecule has 2 aromatic rings. The predicted octanol–water partition coefficient (Wildman–Crippen LogP) is 4.45. The summed E-state index contributed by atoms with van der Waals surface area (Å²) in [6, 6.07) is 9.55. The third-order valence-electron chi connectivity index (χ3n) is 4.92. The molecule has 1 aliphatic rings. The lowest BCUT2D eigenvalue weighted by Crippen LogP contribution is -2.43. The number of thiophene rings is 1. The molecule has 128 valence electrons. The van der Waals surface area contributed by atoms with Gasteiger partial charge in [-0.15, -0.1) is 0 Å². The molecular formula is C19H22ClNO2S. The van der Waals surface area contributed by atoms with Crippen LogP contribution in [0.4, 0.5) is 0 Å². The van der Waals surface area contributed by atoms with E-state index in [0.29, 0.717) is 18.0 Å². The Kier molecular flexibility index (Phi) is 5.59. The Morgan fingerprint density at radius 3 is 2.58 bits per heavy atom. The number of halogens is 1. The minimum absolute atomic E-state index is 0.0693. The van der Waals surface area contributed by atoms with Crippen molar-refractivity contribution in [2.75, 3.05) is 6.54 Å². The smallest absolute Gasteiger partial charge is 0.230 e. The quantitative estimate of drug-likeness (QED) is 0.796. The zero-order valence-corrected chi connectivity index (χ0v) is 15.1. The average molecular weight is 364 g/mol. The van der Waals surface area contributed by atoms with Crippen LogP contribution in [0.25, 0.3) is 0 Å². The van der Waals surface area contributed by atoms with E-state index in [1.165, 1.54) is 0 Å². The first-order valence-corrected chi connectivity index (χ1v) is 9.68. The van der Waals surface area contributed by atoms with E-state index in [1.807, 2.05) is 41.1 Å². The molecule has 1 aliphatic carbocycles. The van der Waals surface area contributed by atoms with Gasteiger partial charge in [0.1, 0.15) is 0 Å². The van der Waals surface area contributed by atoms with E-state index >= 15 is 0 Å². The van der Waals surface area contributed by atoms with Crippen LogP contribution in [0.3, 0.4) is 0 Å². The van der Waals surface area contributed by atoms with Gasteiger partial charge in [0, 0.05) is 11.6 Å². The van der Waals surface area contributed by atoms with Gasteiger partial charge < -0.3 is 10.4 Å². The average Bonchev–Trinajstić information content (AvgIpc) is 3.28. The Labute approximate surface area is 151 Å². The van der Waals surface area contributed by atoms with E-state index in [-0.39, 0.29) is 5.91 Å². The first-order chi connectivity index (χ1) is 11.6. The molecule has 3 nitrogen and oxygen atoms in total. The summed E-state index contributed by atoms with van der Waals surface area (Å²) < 4.78 is 0. The monoisotopic (exact) mass is 363 g/mol. The molecule has 1 heterocycles. The number of rotatable bonds is 6. The van der Waals surface area contributed by atoms with Gasteiger partial charge in [-0.1, -0.05) is 36.6 Å². The largest absolute Gasteiger partial charge is 0.388 e. The van der Waals surface area contributed by atoms with Crippen molar-refractivity contribution < 1.29 is 9.90 Å². The minimum atomic E-state index is -0.522. The maximum absolute atomic E-state index is 12.9. The number of hydrogen-bond acceptors (Lipinski definition) is 3. The molecule has 1 amide bonds. The van der Waals surface area contributed by atoms with Gasteiger partial charge in [-0.25, -0.2) is 0 Å². The lowest BCUT2D eigenvalue weighted by molar-refractivity contribution is -0.126. The van der Waals surface area contributed by atoms with E-state index in [1.54, 1.807) is 11.3 Å². The molecule has 0 aliphatic heterocycles. The highest BCUT2D eigenvalue weighted by atomic mass is 35.5. The molecular weight excluding hydrogens is 342 g/mol. The van der Waals surface area contributed by atoms with Crippen LogP contribution in [0.5, 0.6) is 0 Å². The van der Waals surface area contributed by atoms with Crippen molar-refractivity contribution in [1.82, 2.24) is 5.32 Å². The first kappa shape index (κ1) is 17.5. The van der Waals surface area contributed by atoms with Crippen molar-refractivity contribution in [3.63, 3.8) is 0 Å². The molecule has 0 radical (unpaired) electrons. The third-order valence-corrected chi connectivity index (χ3v) is 5.87. The molecule has 5 heteroatoms. The number of hydrogen-bond donors (Lipinski definition) is 2. The number of amides is 1. The highest BCUT2D eigenvalue weighted by Crippen LogP contribution is 2.41. The highest BCUT2D eigenvalue weighted by Gasteiger charge is 2.42. The Bertz CT molecular complexity index is 663. The molecule has 1 saturated carbocycles. The second-order valence-electron chi connectivity index (χ2n) is 6.41. The van der Waals surface area contributed by atoms with E-state index in [4.69, 9.17) is 11.6 Å². The zero-order valence-electron chi connectivity index (χ0n) is 13.5. The van der Waals surface area contributed by atoms with Gasteiger partial charge in [-0.05, 0) is 59.3 Å². The number of carbonyl (C=O) groups excluding carboxylic acids is 1. The summed E-state index contributed by atoms with van der Waals surface area (Å²) in [5.41, 5.74) is 1.51. The Balaban J connectivity index is 1.64. The van der Waals surface area contributed by atoms with Crippen molar-refractivity contribution >= 4 is 28.8 Å². The van der Waals surface area contributed by atoms with Crippen LogP contribution in [0.2, 0.25) is 5.02 Å². The van der Waals surface area contributed by atoms with Crippen molar-refractivity contribution in [1.29, 1.82) is 0 Å². The summed E-state index contributed by atoms with van der Waals surface area (Å²) >= 11 is 7.55. The molecule has 1 aromatic carbocycles. The van der Waals surface area contributed by atoms with Crippen molar-refractivity contribution in [3.05, 3.63) is 57.2 Å². The summed E-state index contributed by atoms with van der Waals surface area (Å²) in [6.45, 7) is 0.477. The van der Waals surface area contributed by atoms with Crippen molar-refractivity contribution in [2.45, 2.75) is 43.6 Å². The van der Waals surface area contributed by atoms with Gasteiger partial charge in [0.05, 0.1) is 11.5 Å². The SMILES string of the molecule is O=C(NCC[C@H](O)c1ccsc1)C1(c2ccc(Cl)cc2)CCCC1. The molecule has 1 atom stereocenters. The maximum Gasteiger partial charge on any atom is 0.230 e. The second kappa shape index (κ2) is 7.68. The van der Waals surface area contributed by atoms with Crippen LogP contribution in [-0.4, -0.2) is 17.6 Å². The molecule has 0 unspecified atom stereocenters. The van der Waals surface area contributed by atoms with E-state index in [0.717, 1.165) is 36.8 Å². The fourth-order valence-electron chi connectivity index (χ4n) is 3.52. The maximum atomic E-state index is 12.9. The second-order valence-corrected chi connectivity index (χ2v) is 7.63. The fraction of sp³-hybridized carbons (Fsp3) is 0.421. The lowest BCUT2D eigenvalue weighted by Gasteiger charge is -2.28. The van der Waals surface area contributed by atoms with Gasteiger partial charge in [0.25, 0.3) is 0 Å². The van der Waals surface area contributed by atoms with E-state index < -0.39 is 11.5 Å². The molecule has 1 fully saturated rings. The van der Waals surface area contributed by atoms with E-state index in [2.05, 4.69) is 5.32 Å². The number of aliphatic hydroxyl groups excluding tert-OH is 1. The standard InChI is InChI=1S/C19H22ClNO2S/c20-16-5-3-15(4-6-16)19(9-1-2-10-19)18(23)21-11-7-17(22)14-8-12-24-13-14/h3-6,8,12-13,17,22H,1-2,7,9-11H2,(H,21,23)/t17-/m0/s1. The molecule has 0 spiro atoms. The normalized spacial score (nSPS) is 17.6. The summed E-state index contributed by atoms with van der Waals surface area (Å²) in [5, 5.41) is 17.8. The number of nitrogens with one attached hydrogen (secondary N) is 1. The highest BCUT2D eigenvalue weighted by molar-refractivity contribution is 7.07. The molecule has 24 heavy (non-hydrogen) atoms. The number of benzene rings is 1. The molecule has 2 N–H and O–H groups in total. The molecule has 0 saturated heterocycles. The zero-order chi connectivity index (χ0) is 17.0. The van der Waals surface area contributed by atoms with Crippen LogP contribution < -0.4 is 5.32 Å². The third kappa shape index (κ3) is 3.66. The summed E-state index contributed by atoms with van der Waals surface area (Å²) in [5.74, 6) is 0.0693. The number of aliphatic hydroxyl groups is 1. The summed E-state index contributed by atoms with van der Waals surface area (Å²) in [7, 11) is 0. The number of carbonyl (C=O) groups is 1. The van der Waals surface area contributed by atoms with Gasteiger partial charge in [0.15, 0.2) is 0 Å². The van der Waals surface area contributed by atoms with Crippen LogP contribution >= 0.6 is 22.9 Å². The lowest BCUT2D eigenvalue weighted by atomic mass is 9.78. The van der Waals surface area contributed by atoms with Gasteiger partial charge in [-0.3, -0.25) is 4.79 Å². The predicted molar refractivity (Wildman–Crippen MR) is 98.5 cm³/mol. The summed E-state index contributed by atoms with van der Waals surface area (Å²) in [4.78, 5) is 12.9. The summed E-state index contributed by atoms with van der Waals surface area (Å²) in [6.07, 6.45) is 3.87. The van der Waals surface area contributed by atoms with E-state index in [9.17, 15) is 9.90 Å². The fourth-order valence-corrected chi connectivity index (χ4v) is 4.35. The van der Waals surface area contributed by atoms with Crippen LogP contribution in [0, 0.1) is 0 Å². The van der Waals surface area contributed by atoms with Crippen molar-refractivity contribution in [2.24, 2.45) is 0 Å². The Morgan fingerprint density at radius 2 is 1.96 bits per heavy atom. The molecule has 3 rings (SSSR count). The van der Waals surface area contributed by atoms with Crippen molar-refractivity contribution in [3.8, 4) is 0 Å². The van der Waals surface area contributed by atoms with Crippen LogP contribution in [0.1, 0.15) is 49.3 Å². The van der Waals surface area contributed by atoms with Gasteiger partial charge >= 0.3 is 0 Å². The van der Waals surface area contributed by atoms with Crippen LogP contribution in [0.15, 0.2) is 41.1 Å². The Hall–Kier alpha value is -1.36. The topological polar surface area (TPSA) is 49.3 Å². The Morgan fingerprint density at radius 1 is 1.25 bits per heavy atom. The first-order valence-electron chi connectivity index (χ1n) is 8.36. The molecule has 1 aromatic heterocycles. The minimum Gasteiger partial charge on any atom is -0.388 e. The molecule has 0 bridgehead atoms. The van der Waals surface area contributed by atoms with Gasteiger partial charge in [0.2, 0.25) is 5.91 Å². The van der Waals surface area contributed by atoms with Crippen LogP contribution in [-0.2, 0) is 10.2 Å². The van der Waals surface area contributed by atoms with Gasteiger partial charge in [-0.2, -0.15) is 11.3 Å².